The lowest BCUT2D eigenvalue weighted by atomic mass is 9.88. The molecule has 0 aromatic heterocycles. The van der Waals surface area contributed by atoms with Gasteiger partial charge in [0.15, 0.2) is 0 Å². The molecule has 2 rings (SSSR count). The van der Waals surface area contributed by atoms with Crippen molar-refractivity contribution in [1.82, 2.24) is 10.2 Å². The summed E-state index contributed by atoms with van der Waals surface area (Å²) in [6.07, 6.45) is 7.05. The van der Waals surface area contributed by atoms with Gasteiger partial charge in [-0.25, -0.2) is 0 Å². The normalized spacial score (nSPS) is 17.5. The van der Waals surface area contributed by atoms with E-state index in [1.54, 1.807) is 0 Å². The molecule has 1 fully saturated rings. The highest BCUT2D eigenvalue weighted by Gasteiger charge is 2.33. The van der Waals surface area contributed by atoms with Crippen LogP contribution in [0.1, 0.15) is 48.9 Å². The topological polar surface area (TPSA) is 75.5 Å². The van der Waals surface area contributed by atoms with Crippen LogP contribution in [0.4, 0.5) is 5.69 Å². The van der Waals surface area contributed by atoms with Gasteiger partial charge < -0.3 is 10.2 Å². The molecule has 0 atom stereocenters. The van der Waals surface area contributed by atoms with Gasteiger partial charge in [0, 0.05) is 29.8 Å². The van der Waals surface area contributed by atoms with Gasteiger partial charge in [0.1, 0.15) is 0 Å². The van der Waals surface area contributed by atoms with Gasteiger partial charge in [-0.3, -0.25) is 14.9 Å². The molecule has 0 spiro atoms. The number of rotatable bonds is 5. The van der Waals surface area contributed by atoms with Gasteiger partial charge in [0.2, 0.25) is 0 Å². The Kier molecular flexibility index (Phi) is 5.71. The van der Waals surface area contributed by atoms with Gasteiger partial charge in [0.25, 0.3) is 11.6 Å². The van der Waals surface area contributed by atoms with E-state index in [4.69, 9.17) is 0 Å². The highest BCUT2D eigenvalue weighted by Crippen LogP contribution is 2.30. The smallest absolute Gasteiger partial charge is 0.269 e. The second-order valence-electron chi connectivity index (χ2n) is 6.52. The summed E-state index contributed by atoms with van der Waals surface area (Å²) in [4.78, 5) is 24.7. The lowest BCUT2D eigenvalue weighted by molar-refractivity contribution is -0.384. The molecule has 6 heteroatoms. The minimum absolute atomic E-state index is 0.00456. The molecule has 0 radical (unpaired) electrons. The number of benzene rings is 1. The molecule has 1 aliphatic carbocycles. The number of likely N-dealkylation sites (N-methyl/N-ethyl adjacent to an activating group) is 1. The monoisotopic (exact) mass is 319 g/mol. The largest absolute Gasteiger partial charge is 0.350 e. The van der Waals surface area contributed by atoms with Crippen LogP contribution in [0.15, 0.2) is 24.3 Å². The number of nitrogens with one attached hydrogen (secondary N) is 1. The van der Waals surface area contributed by atoms with Crippen molar-refractivity contribution in [1.29, 1.82) is 0 Å². The van der Waals surface area contributed by atoms with Gasteiger partial charge in [-0.2, -0.15) is 0 Å². The van der Waals surface area contributed by atoms with Crippen molar-refractivity contribution in [2.75, 3.05) is 20.6 Å². The van der Waals surface area contributed by atoms with E-state index in [1.807, 2.05) is 0 Å². The molecule has 0 heterocycles. The zero-order valence-corrected chi connectivity index (χ0v) is 13.9. The van der Waals surface area contributed by atoms with Crippen molar-refractivity contribution >= 4 is 11.6 Å². The van der Waals surface area contributed by atoms with E-state index >= 15 is 0 Å². The van der Waals surface area contributed by atoms with Crippen LogP contribution in [0.25, 0.3) is 0 Å². The molecule has 6 nitrogen and oxygen atoms in total. The number of nitro benzene ring substituents is 1. The van der Waals surface area contributed by atoms with Crippen molar-refractivity contribution in [2.24, 2.45) is 0 Å². The van der Waals surface area contributed by atoms with Crippen molar-refractivity contribution in [3.8, 4) is 0 Å². The fourth-order valence-corrected chi connectivity index (χ4v) is 3.25. The molecular formula is C17H25N3O3. The predicted octanol–water partition coefficient (Wildman–Crippen LogP) is 2.98. The molecule has 0 unspecified atom stereocenters. The summed E-state index contributed by atoms with van der Waals surface area (Å²) >= 11 is 0. The molecule has 1 N–H and O–H groups in total. The van der Waals surface area contributed by atoms with Crippen LogP contribution in [0, 0.1) is 10.1 Å². The van der Waals surface area contributed by atoms with Crippen molar-refractivity contribution in [3.05, 3.63) is 39.9 Å². The number of carbonyl (C=O) groups is 1. The molecule has 1 aromatic rings. The minimum Gasteiger partial charge on any atom is -0.350 e. The molecule has 0 bridgehead atoms. The maximum absolute atomic E-state index is 12.3. The number of nitrogens with zero attached hydrogens (tertiary/aromatic N) is 2. The summed E-state index contributed by atoms with van der Waals surface area (Å²) in [6.45, 7) is 0.607. The number of carbonyl (C=O) groups excluding carboxylic acids is 1. The zero-order chi connectivity index (χ0) is 16.9. The van der Waals surface area contributed by atoms with Crippen LogP contribution in [0.2, 0.25) is 0 Å². The molecular weight excluding hydrogens is 294 g/mol. The average molecular weight is 319 g/mol. The first kappa shape index (κ1) is 17.4. The predicted molar refractivity (Wildman–Crippen MR) is 89.5 cm³/mol. The van der Waals surface area contributed by atoms with Crippen LogP contribution in [0.3, 0.4) is 0 Å². The third-order valence-corrected chi connectivity index (χ3v) is 4.90. The van der Waals surface area contributed by atoms with Crippen LogP contribution in [-0.2, 0) is 0 Å². The second kappa shape index (κ2) is 7.55. The maximum atomic E-state index is 12.3. The molecule has 0 aliphatic heterocycles. The van der Waals surface area contributed by atoms with E-state index in [0.717, 1.165) is 12.8 Å². The SMILES string of the molecule is CN(C)C1(CNC(=O)c2ccc([N+](=O)[O-])cc2)CCCCCC1. The Bertz CT molecular complexity index is 547. The molecule has 1 aromatic carbocycles. The number of amides is 1. The Hall–Kier alpha value is -1.95. The second-order valence-corrected chi connectivity index (χ2v) is 6.52. The van der Waals surface area contributed by atoms with Crippen LogP contribution >= 0.6 is 0 Å². The Morgan fingerprint density at radius 2 is 1.74 bits per heavy atom. The molecule has 1 saturated carbocycles. The summed E-state index contributed by atoms with van der Waals surface area (Å²) in [6, 6.07) is 5.73. The number of nitro groups is 1. The van der Waals surface area contributed by atoms with Crippen LogP contribution in [-0.4, -0.2) is 41.9 Å². The highest BCUT2D eigenvalue weighted by atomic mass is 16.6. The fraction of sp³-hybridized carbons (Fsp3) is 0.588. The van der Waals surface area contributed by atoms with Crippen molar-refractivity contribution in [3.63, 3.8) is 0 Å². The Morgan fingerprint density at radius 1 is 1.17 bits per heavy atom. The average Bonchev–Trinajstić information content (AvgIpc) is 2.79. The summed E-state index contributed by atoms with van der Waals surface area (Å²) in [5, 5.41) is 13.7. The molecule has 0 saturated heterocycles. The maximum Gasteiger partial charge on any atom is 0.269 e. The van der Waals surface area contributed by atoms with Crippen LogP contribution < -0.4 is 5.32 Å². The van der Waals surface area contributed by atoms with E-state index in [1.165, 1.54) is 49.9 Å². The number of hydrogen-bond acceptors (Lipinski definition) is 4. The van der Waals surface area contributed by atoms with E-state index in [-0.39, 0.29) is 17.1 Å². The number of non-ortho nitro benzene ring substituents is 1. The standard InChI is InChI=1S/C17H25N3O3/c1-19(2)17(11-5-3-4-6-12-17)13-18-16(21)14-7-9-15(10-8-14)20(22)23/h7-10H,3-6,11-13H2,1-2H3,(H,18,21). The Balaban J connectivity index is 2.02. The Labute approximate surface area is 137 Å². The fourth-order valence-electron chi connectivity index (χ4n) is 3.25. The minimum atomic E-state index is -0.464. The molecule has 1 aliphatic rings. The van der Waals surface area contributed by atoms with Gasteiger partial charge in [-0.15, -0.1) is 0 Å². The first-order valence-electron chi connectivity index (χ1n) is 8.15. The van der Waals surface area contributed by atoms with Crippen LogP contribution in [0.5, 0.6) is 0 Å². The first-order valence-corrected chi connectivity index (χ1v) is 8.15. The summed E-state index contributed by atoms with van der Waals surface area (Å²) < 4.78 is 0. The lowest BCUT2D eigenvalue weighted by Gasteiger charge is -2.39. The highest BCUT2D eigenvalue weighted by molar-refractivity contribution is 5.94. The summed E-state index contributed by atoms with van der Waals surface area (Å²) in [5.74, 6) is -0.176. The van der Waals surface area contributed by atoms with Gasteiger partial charge in [-0.1, -0.05) is 25.7 Å². The number of hydrogen-bond donors (Lipinski definition) is 1. The van der Waals surface area contributed by atoms with Gasteiger partial charge in [0.05, 0.1) is 4.92 Å². The zero-order valence-electron chi connectivity index (χ0n) is 13.9. The molecule has 1 amide bonds. The Morgan fingerprint density at radius 3 is 2.22 bits per heavy atom. The lowest BCUT2D eigenvalue weighted by Crippen LogP contribution is -2.52. The van der Waals surface area contributed by atoms with E-state index in [9.17, 15) is 14.9 Å². The molecule has 23 heavy (non-hydrogen) atoms. The van der Waals surface area contributed by atoms with Gasteiger partial charge in [-0.05, 0) is 39.1 Å². The van der Waals surface area contributed by atoms with E-state index in [0.29, 0.717) is 12.1 Å². The van der Waals surface area contributed by atoms with E-state index < -0.39 is 4.92 Å². The summed E-state index contributed by atoms with van der Waals surface area (Å²) in [7, 11) is 4.15. The van der Waals surface area contributed by atoms with Crippen molar-refractivity contribution < 1.29 is 9.72 Å². The third-order valence-electron chi connectivity index (χ3n) is 4.90. The molecule has 126 valence electrons. The van der Waals surface area contributed by atoms with Crippen molar-refractivity contribution in [2.45, 2.75) is 44.1 Å². The first-order chi connectivity index (χ1) is 10.9. The third kappa shape index (κ3) is 4.28. The van der Waals surface area contributed by atoms with Gasteiger partial charge >= 0.3 is 0 Å². The summed E-state index contributed by atoms with van der Waals surface area (Å²) in [5.41, 5.74) is 0.459. The quantitative estimate of drug-likeness (QED) is 0.514. The van der Waals surface area contributed by atoms with E-state index in [2.05, 4.69) is 24.3 Å².